The molecular formula is C40H62. The Morgan fingerprint density at radius 1 is 0.450 bits per heavy atom. The summed E-state index contributed by atoms with van der Waals surface area (Å²) in [5.41, 5.74) is 8.16. The van der Waals surface area contributed by atoms with E-state index in [0.717, 1.165) is 24.7 Å². The van der Waals surface area contributed by atoms with Crippen molar-refractivity contribution in [1.82, 2.24) is 0 Å². The van der Waals surface area contributed by atoms with Crippen molar-refractivity contribution in [3.05, 3.63) is 119 Å². The van der Waals surface area contributed by atoms with Crippen molar-refractivity contribution in [3.63, 3.8) is 0 Å². The molecule has 0 bridgehead atoms. The molecule has 0 spiro atoms. The van der Waals surface area contributed by atoms with Crippen LogP contribution < -0.4 is 0 Å². The third-order valence-electron chi connectivity index (χ3n) is 6.76. The molecule has 0 aromatic rings. The first-order valence-electron chi connectivity index (χ1n) is 15.7. The van der Waals surface area contributed by atoms with E-state index in [-0.39, 0.29) is 0 Å². The van der Waals surface area contributed by atoms with Crippen LogP contribution in [0.1, 0.15) is 121 Å². The molecular weight excluding hydrogens is 480 g/mol. The molecule has 0 saturated heterocycles. The Morgan fingerprint density at radius 3 is 1.27 bits per heavy atom. The summed E-state index contributed by atoms with van der Waals surface area (Å²) in [7, 11) is 0. The van der Waals surface area contributed by atoms with Gasteiger partial charge in [-0.3, -0.25) is 0 Å². The van der Waals surface area contributed by atoms with E-state index in [9.17, 15) is 0 Å². The van der Waals surface area contributed by atoms with Crippen LogP contribution >= 0.6 is 0 Å². The summed E-state index contributed by atoms with van der Waals surface area (Å²) >= 11 is 0. The van der Waals surface area contributed by atoms with Crippen molar-refractivity contribution >= 4 is 0 Å². The van der Waals surface area contributed by atoms with E-state index in [2.05, 4.69) is 154 Å². The Balaban J connectivity index is 4.55. The fraction of sp³-hybridized carbons (Fsp3) is 0.500. The largest absolute Gasteiger partial charge is 0.0853 e. The van der Waals surface area contributed by atoms with Gasteiger partial charge in [-0.15, -0.1) is 0 Å². The third-order valence-corrected chi connectivity index (χ3v) is 6.76. The molecule has 0 aliphatic heterocycles. The summed E-state index contributed by atoms with van der Waals surface area (Å²) in [6, 6.07) is 0. The van der Waals surface area contributed by atoms with Gasteiger partial charge in [-0.1, -0.05) is 159 Å². The van der Waals surface area contributed by atoms with Gasteiger partial charge >= 0.3 is 0 Å². The highest BCUT2D eigenvalue weighted by Crippen LogP contribution is 2.14. The normalized spacial score (nSPS) is 15.5. The van der Waals surface area contributed by atoms with Gasteiger partial charge in [0.25, 0.3) is 0 Å². The van der Waals surface area contributed by atoms with Crippen molar-refractivity contribution in [1.29, 1.82) is 0 Å². The van der Waals surface area contributed by atoms with E-state index in [0.29, 0.717) is 0 Å². The maximum atomic E-state index is 2.42. The summed E-state index contributed by atoms with van der Waals surface area (Å²) in [5.74, 6) is 1.61. The second kappa shape index (κ2) is 24.2. The highest BCUT2D eigenvalue weighted by molar-refractivity contribution is 5.31. The zero-order valence-corrected chi connectivity index (χ0v) is 27.9. The lowest BCUT2D eigenvalue weighted by Crippen LogP contribution is -1.87. The molecule has 0 heterocycles. The van der Waals surface area contributed by atoms with E-state index in [4.69, 9.17) is 0 Å². The van der Waals surface area contributed by atoms with Crippen LogP contribution in [0.4, 0.5) is 0 Å². The average molecular weight is 543 g/mol. The smallest absolute Gasteiger partial charge is 0.0285 e. The van der Waals surface area contributed by atoms with Gasteiger partial charge in [-0.25, -0.2) is 0 Å². The minimum absolute atomic E-state index is 0.796. The summed E-state index contributed by atoms with van der Waals surface area (Å²) in [6.07, 6.45) is 40.5. The van der Waals surface area contributed by atoms with Crippen molar-refractivity contribution in [3.8, 4) is 0 Å². The number of allylic oxidation sites excluding steroid dienone is 20. The van der Waals surface area contributed by atoms with Crippen LogP contribution in [0.5, 0.6) is 0 Å². The molecule has 40 heavy (non-hydrogen) atoms. The lowest BCUT2D eigenvalue weighted by atomic mass is 10.0. The van der Waals surface area contributed by atoms with Crippen LogP contribution in [-0.2, 0) is 0 Å². The van der Waals surface area contributed by atoms with Gasteiger partial charge in [0.05, 0.1) is 0 Å². The Hall–Kier alpha value is -2.60. The molecule has 0 rings (SSSR count). The first-order valence-corrected chi connectivity index (χ1v) is 15.7. The molecule has 0 fully saturated rings. The standard InChI is InChI=1S/C40H62/c1-33(2)19-13-23-37(7)27-17-31-39(9)29-15-25-35(5)21-11-12-22-36(6)26-16-30-40(10)32-18-28-38(8)24-14-20-34(3)4/h11-12,15-17,21-22,25-31,33-34H,13-14,18-20,23-24,32H2,1-10H3/b12-11-,25-15+,26-16+,31-17+,35-21+,36-22+,37-27+,38-28+,39-29+,40-30+. The maximum absolute atomic E-state index is 2.42. The molecule has 0 heteroatoms. The molecule has 0 aromatic heterocycles. The Morgan fingerprint density at radius 2 is 0.825 bits per heavy atom. The Bertz CT molecular complexity index is 987. The van der Waals surface area contributed by atoms with Crippen molar-refractivity contribution in [2.45, 2.75) is 121 Å². The van der Waals surface area contributed by atoms with E-state index in [1.165, 1.54) is 66.4 Å². The lowest BCUT2D eigenvalue weighted by Gasteiger charge is -2.05. The van der Waals surface area contributed by atoms with Gasteiger partial charge in [-0.05, 0) is 91.9 Å². The lowest BCUT2D eigenvalue weighted by molar-refractivity contribution is 0.554. The second-order valence-corrected chi connectivity index (χ2v) is 12.4. The third kappa shape index (κ3) is 25.7. The van der Waals surface area contributed by atoms with E-state index in [1.807, 2.05) is 0 Å². The molecule has 0 N–H and O–H groups in total. The molecule has 0 nitrogen and oxygen atoms in total. The number of rotatable bonds is 19. The Kier molecular flexibility index (Phi) is 22.6. The minimum Gasteiger partial charge on any atom is -0.0853 e. The molecule has 222 valence electrons. The summed E-state index contributed by atoms with van der Waals surface area (Å²) in [5, 5.41) is 0. The predicted octanol–water partition coefficient (Wildman–Crippen LogP) is 13.3. The van der Waals surface area contributed by atoms with Crippen LogP contribution in [0.2, 0.25) is 0 Å². The highest BCUT2D eigenvalue weighted by atomic mass is 14.0. The van der Waals surface area contributed by atoms with Gasteiger partial charge in [0, 0.05) is 0 Å². The van der Waals surface area contributed by atoms with Gasteiger partial charge in [0.15, 0.2) is 0 Å². The minimum atomic E-state index is 0.796. The maximum Gasteiger partial charge on any atom is -0.0285 e. The van der Waals surface area contributed by atoms with Crippen LogP contribution in [0.25, 0.3) is 0 Å². The van der Waals surface area contributed by atoms with Crippen LogP contribution in [0.3, 0.4) is 0 Å². The van der Waals surface area contributed by atoms with Gasteiger partial charge in [-0.2, -0.15) is 0 Å². The highest BCUT2D eigenvalue weighted by Gasteiger charge is 1.96. The van der Waals surface area contributed by atoms with Crippen LogP contribution in [0, 0.1) is 11.8 Å². The Labute approximate surface area is 250 Å². The average Bonchev–Trinajstić information content (AvgIpc) is 2.86. The van der Waals surface area contributed by atoms with Crippen molar-refractivity contribution in [2.75, 3.05) is 0 Å². The summed E-state index contributed by atoms with van der Waals surface area (Å²) < 4.78 is 0. The van der Waals surface area contributed by atoms with Crippen molar-refractivity contribution in [2.24, 2.45) is 11.8 Å². The number of hydrogen-bond donors (Lipinski definition) is 0. The van der Waals surface area contributed by atoms with Crippen LogP contribution in [0.15, 0.2) is 119 Å². The summed E-state index contributed by atoms with van der Waals surface area (Å²) in [4.78, 5) is 0. The predicted molar refractivity (Wildman–Crippen MR) is 186 cm³/mol. The van der Waals surface area contributed by atoms with Gasteiger partial charge in [0.1, 0.15) is 0 Å². The molecule has 0 unspecified atom stereocenters. The second-order valence-electron chi connectivity index (χ2n) is 12.4. The molecule has 0 atom stereocenters. The SMILES string of the molecule is CC(/C=C/C=C(C)/C=C/C=C(\C)CCCC(C)C)=C\C=C/C=C(C)/C=C/C=C(\C)CC/C=C(\C)CCCC(C)C. The van der Waals surface area contributed by atoms with Gasteiger partial charge < -0.3 is 0 Å². The molecule has 0 amide bonds. The first-order chi connectivity index (χ1) is 19.0. The fourth-order valence-corrected chi connectivity index (χ4v) is 4.05. The quantitative estimate of drug-likeness (QED) is 0.112. The first kappa shape index (κ1) is 37.4. The van der Waals surface area contributed by atoms with Gasteiger partial charge in [0.2, 0.25) is 0 Å². The van der Waals surface area contributed by atoms with Crippen molar-refractivity contribution < 1.29 is 0 Å². The van der Waals surface area contributed by atoms with E-state index >= 15 is 0 Å². The number of hydrogen-bond acceptors (Lipinski definition) is 0. The molecule has 0 aliphatic carbocycles. The molecule has 0 saturated carbocycles. The zero-order chi connectivity index (χ0) is 30.2. The molecule has 0 radical (unpaired) electrons. The van der Waals surface area contributed by atoms with E-state index < -0.39 is 0 Å². The monoisotopic (exact) mass is 542 g/mol. The molecule has 0 aliphatic rings. The molecule has 0 aromatic carbocycles. The topological polar surface area (TPSA) is 0 Å². The van der Waals surface area contributed by atoms with E-state index in [1.54, 1.807) is 5.57 Å². The zero-order valence-electron chi connectivity index (χ0n) is 27.9. The van der Waals surface area contributed by atoms with Crippen LogP contribution in [-0.4, -0.2) is 0 Å². The summed E-state index contributed by atoms with van der Waals surface area (Å²) in [6.45, 7) is 22.4. The fourth-order valence-electron chi connectivity index (χ4n) is 4.05.